The number of anilines is 2. The van der Waals surface area contributed by atoms with Crippen molar-refractivity contribution in [3.05, 3.63) is 71.0 Å². The molecule has 1 amide bonds. The first-order valence-electron chi connectivity index (χ1n) is 11.3. The Labute approximate surface area is 204 Å². The molecular formula is C28H29FN2O4. The Morgan fingerprint density at radius 3 is 2.49 bits per heavy atom. The molecule has 0 radical (unpaired) electrons. The molecule has 0 aromatic heterocycles. The molecule has 1 N–H and O–H groups in total. The lowest BCUT2D eigenvalue weighted by atomic mass is 9.91. The summed E-state index contributed by atoms with van der Waals surface area (Å²) in [6.45, 7) is 7.07. The standard InChI is InChI=1S/C28H29FN2O4/c1-16-7-9-19(29)14-25(16)35-15-22-20(21-13-18(17(2)32)8-12-24(21)34-6)10-11-23-26(22)31(5)27(33)28(3,4)30-23/h7-14,30H,15H2,1-6H3. The minimum absolute atomic E-state index is 0.0655. The van der Waals surface area contributed by atoms with Gasteiger partial charge in [0.1, 0.15) is 29.5 Å². The van der Waals surface area contributed by atoms with Crippen LogP contribution < -0.4 is 19.7 Å². The zero-order chi connectivity index (χ0) is 25.5. The number of carbonyl (C=O) groups excluding carboxylic acids is 2. The topological polar surface area (TPSA) is 67.9 Å². The zero-order valence-corrected chi connectivity index (χ0v) is 20.8. The number of carbonyl (C=O) groups is 2. The highest BCUT2D eigenvalue weighted by atomic mass is 19.1. The largest absolute Gasteiger partial charge is 0.496 e. The normalized spacial score (nSPS) is 14.3. The van der Waals surface area contributed by atoms with Crippen LogP contribution in [0.2, 0.25) is 0 Å². The maximum atomic E-state index is 13.9. The summed E-state index contributed by atoms with van der Waals surface area (Å²) in [6, 6.07) is 13.5. The van der Waals surface area contributed by atoms with Crippen molar-refractivity contribution in [2.24, 2.45) is 0 Å². The van der Waals surface area contributed by atoms with Gasteiger partial charge in [0, 0.05) is 29.8 Å². The fourth-order valence-corrected chi connectivity index (χ4v) is 4.45. The first-order valence-corrected chi connectivity index (χ1v) is 11.3. The van der Waals surface area contributed by atoms with Crippen LogP contribution in [0.15, 0.2) is 48.5 Å². The number of nitrogens with zero attached hydrogens (tertiary/aromatic N) is 1. The highest BCUT2D eigenvalue weighted by Gasteiger charge is 2.38. The van der Waals surface area contributed by atoms with Crippen LogP contribution in [0.5, 0.6) is 11.5 Å². The molecule has 0 atom stereocenters. The van der Waals surface area contributed by atoms with Gasteiger partial charge < -0.3 is 19.7 Å². The lowest BCUT2D eigenvalue weighted by molar-refractivity contribution is -0.121. The van der Waals surface area contributed by atoms with Gasteiger partial charge >= 0.3 is 0 Å². The van der Waals surface area contributed by atoms with Crippen molar-refractivity contribution in [3.8, 4) is 22.6 Å². The summed E-state index contributed by atoms with van der Waals surface area (Å²) in [5, 5.41) is 3.32. The van der Waals surface area contributed by atoms with Gasteiger partial charge in [0.15, 0.2) is 5.78 Å². The Morgan fingerprint density at radius 1 is 1.06 bits per heavy atom. The van der Waals surface area contributed by atoms with Crippen molar-refractivity contribution in [1.82, 2.24) is 0 Å². The number of fused-ring (bicyclic) bond motifs is 1. The summed E-state index contributed by atoms with van der Waals surface area (Å²) in [5.41, 5.74) is 4.14. The molecule has 182 valence electrons. The maximum Gasteiger partial charge on any atom is 0.251 e. The van der Waals surface area contributed by atoms with Gasteiger partial charge in [-0.15, -0.1) is 0 Å². The second-order valence-electron chi connectivity index (χ2n) is 9.27. The Kier molecular flexibility index (Phi) is 6.28. The number of methoxy groups -OCH3 is 1. The number of halogens is 1. The van der Waals surface area contributed by atoms with Crippen LogP contribution in [0.3, 0.4) is 0 Å². The van der Waals surface area contributed by atoms with Crippen molar-refractivity contribution in [2.45, 2.75) is 39.8 Å². The van der Waals surface area contributed by atoms with Crippen LogP contribution in [0.25, 0.3) is 11.1 Å². The number of amides is 1. The summed E-state index contributed by atoms with van der Waals surface area (Å²) in [6.07, 6.45) is 0. The molecule has 3 aromatic carbocycles. The molecule has 1 aliphatic rings. The molecule has 0 bridgehead atoms. The van der Waals surface area contributed by atoms with E-state index in [1.807, 2.05) is 32.9 Å². The average molecular weight is 477 g/mol. The molecule has 0 saturated carbocycles. The van der Waals surface area contributed by atoms with Crippen LogP contribution in [0.1, 0.15) is 42.3 Å². The van der Waals surface area contributed by atoms with E-state index in [0.29, 0.717) is 33.9 Å². The SMILES string of the molecule is COc1ccc(C(C)=O)cc1-c1ccc2c(c1COc1cc(F)ccc1C)N(C)C(=O)C(C)(C)N2. The van der Waals surface area contributed by atoms with E-state index in [-0.39, 0.29) is 18.3 Å². The highest BCUT2D eigenvalue weighted by molar-refractivity contribution is 6.09. The second kappa shape index (κ2) is 9.06. The summed E-state index contributed by atoms with van der Waals surface area (Å²) in [5.74, 6) is 0.422. The second-order valence-corrected chi connectivity index (χ2v) is 9.27. The summed E-state index contributed by atoms with van der Waals surface area (Å²) >= 11 is 0. The molecule has 0 spiro atoms. The average Bonchev–Trinajstić information content (AvgIpc) is 2.82. The number of nitrogens with one attached hydrogen (secondary N) is 1. The molecule has 0 fully saturated rings. The Morgan fingerprint density at radius 2 is 1.80 bits per heavy atom. The quantitative estimate of drug-likeness (QED) is 0.458. The number of benzene rings is 3. The Balaban J connectivity index is 1.93. The number of rotatable bonds is 6. The van der Waals surface area contributed by atoms with Gasteiger partial charge in [-0.25, -0.2) is 4.39 Å². The molecule has 0 saturated heterocycles. The lowest BCUT2D eigenvalue weighted by Gasteiger charge is -2.39. The summed E-state index contributed by atoms with van der Waals surface area (Å²) < 4.78 is 25.6. The highest BCUT2D eigenvalue weighted by Crippen LogP contribution is 2.44. The molecule has 35 heavy (non-hydrogen) atoms. The number of aryl methyl sites for hydroxylation is 1. The van der Waals surface area contributed by atoms with E-state index in [9.17, 15) is 14.0 Å². The fourth-order valence-electron chi connectivity index (χ4n) is 4.45. The van der Waals surface area contributed by atoms with Crippen molar-refractivity contribution in [1.29, 1.82) is 0 Å². The third kappa shape index (κ3) is 4.46. The van der Waals surface area contributed by atoms with E-state index in [2.05, 4.69) is 5.32 Å². The van der Waals surface area contributed by atoms with E-state index < -0.39 is 11.4 Å². The predicted molar refractivity (Wildman–Crippen MR) is 135 cm³/mol. The predicted octanol–water partition coefficient (Wildman–Crippen LogP) is 5.76. The molecule has 0 aliphatic carbocycles. The van der Waals surface area contributed by atoms with E-state index in [1.54, 1.807) is 43.3 Å². The van der Waals surface area contributed by atoms with Crippen LogP contribution in [0, 0.1) is 12.7 Å². The Hall–Kier alpha value is -3.87. The Bertz CT molecular complexity index is 1330. The number of Topliss-reactive ketones (excluding diaryl/α,β-unsaturated/α-hetero) is 1. The van der Waals surface area contributed by atoms with Gasteiger partial charge in [-0.1, -0.05) is 12.1 Å². The molecular weight excluding hydrogens is 447 g/mol. The molecule has 4 rings (SSSR count). The lowest BCUT2D eigenvalue weighted by Crippen LogP contribution is -2.52. The number of likely N-dealkylation sites (N-methyl/N-ethyl adjacent to an activating group) is 1. The summed E-state index contributed by atoms with van der Waals surface area (Å²) in [7, 11) is 3.30. The number of ether oxygens (including phenoxy) is 2. The fraction of sp³-hybridized carbons (Fsp3) is 0.286. The van der Waals surface area contributed by atoms with E-state index in [0.717, 1.165) is 16.8 Å². The van der Waals surface area contributed by atoms with Crippen molar-refractivity contribution >= 4 is 23.1 Å². The van der Waals surface area contributed by atoms with Gasteiger partial charge in [-0.05, 0) is 69.2 Å². The maximum absolute atomic E-state index is 13.9. The van der Waals surface area contributed by atoms with Gasteiger partial charge in [0.05, 0.1) is 18.5 Å². The third-order valence-electron chi connectivity index (χ3n) is 6.32. The monoisotopic (exact) mass is 476 g/mol. The smallest absolute Gasteiger partial charge is 0.251 e. The molecule has 1 aliphatic heterocycles. The van der Waals surface area contributed by atoms with Crippen molar-refractivity contribution in [3.63, 3.8) is 0 Å². The van der Waals surface area contributed by atoms with Gasteiger partial charge in [-0.3, -0.25) is 9.59 Å². The minimum Gasteiger partial charge on any atom is -0.496 e. The summed E-state index contributed by atoms with van der Waals surface area (Å²) in [4.78, 5) is 26.9. The number of hydrogen-bond acceptors (Lipinski definition) is 5. The number of hydrogen-bond donors (Lipinski definition) is 1. The van der Waals surface area contributed by atoms with Crippen LogP contribution in [-0.2, 0) is 11.4 Å². The molecule has 0 unspecified atom stereocenters. The molecule has 3 aromatic rings. The van der Waals surface area contributed by atoms with Crippen LogP contribution >= 0.6 is 0 Å². The van der Waals surface area contributed by atoms with Crippen molar-refractivity contribution < 1.29 is 23.5 Å². The van der Waals surface area contributed by atoms with E-state index in [4.69, 9.17) is 9.47 Å². The molecule has 6 nitrogen and oxygen atoms in total. The third-order valence-corrected chi connectivity index (χ3v) is 6.32. The zero-order valence-electron chi connectivity index (χ0n) is 20.8. The van der Waals surface area contributed by atoms with Gasteiger partial charge in [0.2, 0.25) is 0 Å². The molecule has 1 heterocycles. The van der Waals surface area contributed by atoms with E-state index >= 15 is 0 Å². The molecule has 7 heteroatoms. The minimum atomic E-state index is -0.785. The van der Waals surface area contributed by atoms with Gasteiger partial charge in [-0.2, -0.15) is 0 Å². The van der Waals surface area contributed by atoms with E-state index in [1.165, 1.54) is 19.1 Å². The van der Waals surface area contributed by atoms with Crippen LogP contribution in [0.4, 0.5) is 15.8 Å². The van der Waals surface area contributed by atoms with Crippen molar-refractivity contribution in [2.75, 3.05) is 24.4 Å². The van der Waals surface area contributed by atoms with Gasteiger partial charge in [0.25, 0.3) is 5.91 Å². The first-order chi connectivity index (χ1) is 16.5. The van der Waals surface area contributed by atoms with Crippen LogP contribution in [-0.4, -0.2) is 31.4 Å². The first kappa shape index (κ1) is 24.3. The number of ketones is 1.